The van der Waals surface area contributed by atoms with Gasteiger partial charge in [0.05, 0.1) is 17.8 Å². The molecule has 0 saturated heterocycles. The smallest absolute Gasteiger partial charge is 0.128 e. The average molecular weight is 262 g/mol. The lowest BCUT2D eigenvalue weighted by Crippen LogP contribution is -2.09. The molecule has 0 unspecified atom stereocenters. The molecule has 0 aliphatic rings. The summed E-state index contributed by atoms with van der Waals surface area (Å²) in [7, 11) is 3.65. The van der Waals surface area contributed by atoms with E-state index in [1.807, 2.05) is 13.1 Å². The van der Waals surface area contributed by atoms with Gasteiger partial charge in [0.15, 0.2) is 0 Å². The van der Waals surface area contributed by atoms with E-state index in [0.29, 0.717) is 0 Å². The number of aromatic nitrogens is 1. The van der Waals surface area contributed by atoms with Crippen LogP contribution < -0.4 is 10.1 Å². The number of hydrogen-bond donors (Lipinski definition) is 1. The third-order valence-corrected chi connectivity index (χ3v) is 3.68. The Balaban J connectivity index is 2.30. The molecule has 0 atom stereocenters. The molecule has 2 rings (SSSR count). The van der Waals surface area contributed by atoms with E-state index in [2.05, 4.69) is 34.7 Å². The van der Waals surface area contributed by atoms with Gasteiger partial charge in [0.25, 0.3) is 0 Å². The van der Waals surface area contributed by atoms with Crippen molar-refractivity contribution in [3.8, 4) is 17.0 Å². The Morgan fingerprint density at radius 1 is 1.39 bits per heavy atom. The molecule has 0 spiro atoms. The summed E-state index contributed by atoms with van der Waals surface area (Å²) in [6.45, 7) is 3.04. The number of nitrogens with one attached hydrogen (secondary N) is 1. The van der Waals surface area contributed by atoms with Crippen molar-refractivity contribution in [2.24, 2.45) is 0 Å². The predicted molar refractivity (Wildman–Crippen MR) is 76.5 cm³/mol. The van der Waals surface area contributed by atoms with Crippen LogP contribution in [-0.4, -0.2) is 25.7 Å². The maximum atomic E-state index is 5.40. The Bertz CT molecular complexity index is 522. The van der Waals surface area contributed by atoms with Crippen molar-refractivity contribution in [3.05, 3.63) is 34.2 Å². The van der Waals surface area contributed by atoms with Crippen molar-refractivity contribution in [1.29, 1.82) is 0 Å². The number of thiazole rings is 1. The zero-order valence-corrected chi connectivity index (χ0v) is 11.8. The number of hydrogen-bond acceptors (Lipinski definition) is 4. The van der Waals surface area contributed by atoms with Crippen molar-refractivity contribution >= 4 is 11.3 Å². The molecule has 0 radical (unpaired) electrons. The lowest BCUT2D eigenvalue weighted by molar-refractivity contribution is 0.416. The van der Waals surface area contributed by atoms with Crippen molar-refractivity contribution < 1.29 is 4.74 Å². The minimum absolute atomic E-state index is 0.881. The average Bonchev–Trinajstić information content (AvgIpc) is 2.85. The van der Waals surface area contributed by atoms with E-state index in [4.69, 9.17) is 4.74 Å². The standard InChI is InChI=1S/C14H18N2OS/c1-10-4-5-13(17-3)11(8-10)12-9-18-14(16-12)6-7-15-2/h4-5,8-9,15H,6-7H2,1-3H3. The molecule has 4 heteroatoms. The largest absolute Gasteiger partial charge is 0.496 e. The number of ether oxygens (including phenoxy) is 1. The van der Waals surface area contributed by atoms with Crippen LogP contribution in [0, 0.1) is 6.92 Å². The van der Waals surface area contributed by atoms with E-state index in [1.54, 1.807) is 18.4 Å². The number of benzene rings is 1. The molecule has 1 aromatic carbocycles. The lowest BCUT2D eigenvalue weighted by Gasteiger charge is -2.07. The molecule has 0 aliphatic heterocycles. The Morgan fingerprint density at radius 2 is 2.22 bits per heavy atom. The molecule has 1 aromatic heterocycles. The Kier molecular flexibility index (Phi) is 4.33. The Morgan fingerprint density at radius 3 is 2.94 bits per heavy atom. The molecular weight excluding hydrogens is 244 g/mol. The first-order valence-electron chi connectivity index (χ1n) is 5.98. The molecule has 0 fully saturated rings. The number of rotatable bonds is 5. The second-order valence-electron chi connectivity index (χ2n) is 4.18. The SMILES string of the molecule is CNCCc1nc(-c2cc(C)ccc2OC)cs1. The molecular formula is C14H18N2OS. The quantitative estimate of drug-likeness (QED) is 0.899. The Hall–Kier alpha value is -1.39. The molecule has 1 heterocycles. The van der Waals surface area contributed by atoms with Gasteiger partial charge in [-0.3, -0.25) is 0 Å². The predicted octanol–water partition coefficient (Wildman–Crippen LogP) is 2.89. The fourth-order valence-electron chi connectivity index (χ4n) is 1.80. The Labute approximate surface area is 112 Å². The van der Waals surface area contributed by atoms with Gasteiger partial charge in [-0.15, -0.1) is 11.3 Å². The highest BCUT2D eigenvalue weighted by Crippen LogP contribution is 2.31. The summed E-state index contributed by atoms with van der Waals surface area (Å²) in [5, 5.41) is 6.39. The van der Waals surface area contributed by atoms with Crippen LogP contribution in [0.3, 0.4) is 0 Å². The summed E-state index contributed by atoms with van der Waals surface area (Å²) >= 11 is 1.70. The molecule has 3 nitrogen and oxygen atoms in total. The van der Waals surface area contributed by atoms with Gasteiger partial charge in [0, 0.05) is 23.9 Å². The third-order valence-electron chi connectivity index (χ3n) is 2.77. The number of methoxy groups -OCH3 is 1. The van der Waals surface area contributed by atoms with E-state index < -0.39 is 0 Å². The number of likely N-dealkylation sites (N-methyl/N-ethyl adjacent to an activating group) is 1. The first kappa shape index (κ1) is 13.1. The molecule has 96 valence electrons. The fourth-order valence-corrected chi connectivity index (χ4v) is 2.60. The van der Waals surface area contributed by atoms with E-state index in [9.17, 15) is 0 Å². The van der Waals surface area contributed by atoms with Crippen LogP contribution in [0.15, 0.2) is 23.6 Å². The zero-order valence-electron chi connectivity index (χ0n) is 11.0. The van der Waals surface area contributed by atoms with E-state index in [-0.39, 0.29) is 0 Å². The van der Waals surface area contributed by atoms with Crippen LogP contribution in [0.25, 0.3) is 11.3 Å². The van der Waals surface area contributed by atoms with Gasteiger partial charge in [-0.2, -0.15) is 0 Å². The summed E-state index contributed by atoms with van der Waals surface area (Å²) in [5.41, 5.74) is 3.30. The lowest BCUT2D eigenvalue weighted by atomic mass is 10.1. The molecule has 18 heavy (non-hydrogen) atoms. The van der Waals surface area contributed by atoms with Crippen molar-refractivity contribution in [2.75, 3.05) is 20.7 Å². The van der Waals surface area contributed by atoms with E-state index in [1.165, 1.54) is 5.56 Å². The summed E-state index contributed by atoms with van der Waals surface area (Å²) in [4.78, 5) is 4.67. The van der Waals surface area contributed by atoms with Gasteiger partial charge in [-0.25, -0.2) is 4.98 Å². The summed E-state index contributed by atoms with van der Waals surface area (Å²) in [6.07, 6.45) is 0.968. The van der Waals surface area contributed by atoms with Crippen LogP contribution in [0.4, 0.5) is 0 Å². The van der Waals surface area contributed by atoms with Crippen LogP contribution in [0.1, 0.15) is 10.6 Å². The number of nitrogens with zero attached hydrogens (tertiary/aromatic N) is 1. The topological polar surface area (TPSA) is 34.2 Å². The highest BCUT2D eigenvalue weighted by Gasteiger charge is 2.10. The van der Waals surface area contributed by atoms with Gasteiger partial charge in [-0.1, -0.05) is 11.6 Å². The van der Waals surface area contributed by atoms with E-state index in [0.717, 1.165) is 35.0 Å². The maximum Gasteiger partial charge on any atom is 0.128 e. The fraction of sp³-hybridized carbons (Fsp3) is 0.357. The van der Waals surface area contributed by atoms with Crippen molar-refractivity contribution in [3.63, 3.8) is 0 Å². The minimum Gasteiger partial charge on any atom is -0.496 e. The first-order chi connectivity index (χ1) is 8.74. The summed E-state index contributed by atoms with van der Waals surface area (Å²) in [5.74, 6) is 0.881. The van der Waals surface area contributed by atoms with E-state index >= 15 is 0 Å². The molecule has 0 amide bonds. The minimum atomic E-state index is 0.881. The third kappa shape index (κ3) is 2.89. The van der Waals surface area contributed by atoms with Gasteiger partial charge in [0.2, 0.25) is 0 Å². The normalized spacial score (nSPS) is 10.6. The molecule has 0 aliphatic carbocycles. The number of aryl methyl sites for hydroxylation is 1. The highest BCUT2D eigenvalue weighted by molar-refractivity contribution is 7.09. The summed E-state index contributed by atoms with van der Waals surface area (Å²) < 4.78 is 5.40. The molecule has 0 bridgehead atoms. The zero-order chi connectivity index (χ0) is 13.0. The second-order valence-corrected chi connectivity index (χ2v) is 5.13. The van der Waals surface area contributed by atoms with Crippen molar-refractivity contribution in [1.82, 2.24) is 10.3 Å². The van der Waals surface area contributed by atoms with Crippen LogP contribution in [0.2, 0.25) is 0 Å². The molecule has 2 aromatic rings. The first-order valence-corrected chi connectivity index (χ1v) is 6.86. The van der Waals surface area contributed by atoms with Crippen LogP contribution >= 0.6 is 11.3 Å². The maximum absolute atomic E-state index is 5.40. The molecule has 0 saturated carbocycles. The monoisotopic (exact) mass is 262 g/mol. The second kappa shape index (κ2) is 5.98. The molecule has 1 N–H and O–H groups in total. The van der Waals surface area contributed by atoms with Gasteiger partial charge < -0.3 is 10.1 Å². The summed E-state index contributed by atoms with van der Waals surface area (Å²) in [6, 6.07) is 6.17. The van der Waals surface area contributed by atoms with Gasteiger partial charge in [-0.05, 0) is 26.1 Å². The van der Waals surface area contributed by atoms with Gasteiger partial charge in [0.1, 0.15) is 5.75 Å². The van der Waals surface area contributed by atoms with Crippen LogP contribution in [0.5, 0.6) is 5.75 Å². The van der Waals surface area contributed by atoms with Crippen LogP contribution in [-0.2, 0) is 6.42 Å². The van der Waals surface area contributed by atoms with Crippen molar-refractivity contribution in [2.45, 2.75) is 13.3 Å². The highest BCUT2D eigenvalue weighted by atomic mass is 32.1. The van der Waals surface area contributed by atoms with Gasteiger partial charge >= 0.3 is 0 Å².